The van der Waals surface area contributed by atoms with Gasteiger partial charge < -0.3 is 4.74 Å². The molecule has 0 N–H and O–H groups in total. The Kier molecular flexibility index (Phi) is 5.06. The summed E-state index contributed by atoms with van der Waals surface area (Å²) in [6.07, 6.45) is 4.24. The van der Waals surface area contributed by atoms with Gasteiger partial charge in [0.2, 0.25) is 0 Å². The van der Waals surface area contributed by atoms with Gasteiger partial charge in [0.1, 0.15) is 11.6 Å². The third-order valence-corrected chi connectivity index (χ3v) is 3.79. The fourth-order valence-electron chi connectivity index (χ4n) is 2.68. The van der Waals surface area contributed by atoms with Crippen LogP contribution in [-0.4, -0.2) is 30.6 Å². The number of nitrogens with zero attached hydrogens (tertiary/aromatic N) is 1. The molecule has 0 bridgehead atoms. The summed E-state index contributed by atoms with van der Waals surface area (Å²) in [5.74, 6) is -1.50. The van der Waals surface area contributed by atoms with E-state index in [9.17, 15) is 13.6 Å². The fraction of sp³-hybridized carbons (Fsp3) is 0.533. The third kappa shape index (κ3) is 3.76. The van der Waals surface area contributed by atoms with Crippen molar-refractivity contribution in [2.45, 2.75) is 38.3 Å². The SMILES string of the molecule is COC(=O)CN(Cc1ccc(F)cc1F)C1CCCC1. The maximum absolute atomic E-state index is 13.7. The molecular weight excluding hydrogens is 264 g/mol. The van der Waals surface area contributed by atoms with Crippen LogP contribution in [0.1, 0.15) is 31.2 Å². The highest BCUT2D eigenvalue weighted by Gasteiger charge is 2.25. The normalized spacial score (nSPS) is 15.8. The number of methoxy groups -OCH3 is 1. The van der Waals surface area contributed by atoms with Crippen molar-refractivity contribution in [3.63, 3.8) is 0 Å². The van der Waals surface area contributed by atoms with Crippen molar-refractivity contribution in [1.29, 1.82) is 0 Å². The van der Waals surface area contributed by atoms with Crippen LogP contribution in [0.15, 0.2) is 18.2 Å². The zero-order valence-electron chi connectivity index (χ0n) is 11.6. The van der Waals surface area contributed by atoms with E-state index in [2.05, 4.69) is 0 Å². The van der Waals surface area contributed by atoms with Crippen LogP contribution in [-0.2, 0) is 16.1 Å². The molecule has 0 aromatic heterocycles. The van der Waals surface area contributed by atoms with Crippen molar-refractivity contribution in [1.82, 2.24) is 4.90 Å². The number of benzene rings is 1. The van der Waals surface area contributed by atoms with Crippen LogP contribution in [0.2, 0.25) is 0 Å². The first kappa shape index (κ1) is 14.9. The number of esters is 1. The maximum Gasteiger partial charge on any atom is 0.319 e. The maximum atomic E-state index is 13.7. The summed E-state index contributed by atoms with van der Waals surface area (Å²) >= 11 is 0. The highest BCUT2D eigenvalue weighted by molar-refractivity contribution is 5.71. The topological polar surface area (TPSA) is 29.5 Å². The third-order valence-electron chi connectivity index (χ3n) is 3.79. The zero-order valence-corrected chi connectivity index (χ0v) is 11.6. The van der Waals surface area contributed by atoms with Crippen LogP contribution < -0.4 is 0 Å². The number of halogens is 2. The Balaban J connectivity index is 2.11. The lowest BCUT2D eigenvalue weighted by Gasteiger charge is -2.27. The van der Waals surface area contributed by atoms with E-state index < -0.39 is 11.6 Å². The fourth-order valence-corrected chi connectivity index (χ4v) is 2.68. The number of carbonyl (C=O) groups is 1. The molecule has 1 aromatic rings. The first-order chi connectivity index (χ1) is 9.60. The molecule has 3 nitrogen and oxygen atoms in total. The largest absolute Gasteiger partial charge is 0.468 e. The van der Waals surface area contributed by atoms with Gasteiger partial charge in [-0.15, -0.1) is 0 Å². The molecule has 1 saturated carbocycles. The first-order valence-corrected chi connectivity index (χ1v) is 6.85. The minimum absolute atomic E-state index is 0.137. The molecule has 0 amide bonds. The van der Waals surface area contributed by atoms with Crippen LogP contribution in [0.4, 0.5) is 8.78 Å². The van der Waals surface area contributed by atoms with Crippen molar-refractivity contribution >= 4 is 5.97 Å². The molecular formula is C15H19F2NO2. The van der Waals surface area contributed by atoms with Gasteiger partial charge in [-0.25, -0.2) is 8.78 Å². The number of hydrogen-bond donors (Lipinski definition) is 0. The summed E-state index contributed by atoms with van der Waals surface area (Å²) < 4.78 is 31.4. The predicted octanol–water partition coefficient (Wildman–Crippen LogP) is 2.88. The lowest BCUT2D eigenvalue weighted by Crippen LogP contribution is -2.37. The Hall–Kier alpha value is -1.49. The molecule has 2 rings (SSSR count). The van der Waals surface area contributed by atoms with Gasteiger partial charge >= 0.3 is 5.97 Å². The van der Waals surface area contributed by atoms with E-state index in [1.165, 1.54) is 19.2 Å². The Morgan fingerprint density at radius 1 is 1.35 bits per heavy atom. The summed E-state index contributed by atoms with van der Waals surface area (Å²) in [6, 6.07) is 3.81. The average Bonchev–Trinajstić information content (AvgIpc) is 2.94. The van der Waals surface area contributed by atoms with E-state index in [1.54, 1.807) is 0 Å². The molecule has 1 fully saturated rings. The molecule has 0 spiro atoms. The summed E-state index contributed by atoms with van der Waals surface area (Å²) in [4.78, 5) is 13.4. The molecule has 110 valence electrons. The smallest absolute Gasteiger partial charge is 0.319 e. The summed E-state index contributed by atoms with van der Waals surface area (Å²) in [5, 5.41) is 0. The Labute approximate surface area is 117 Å². The molecule has 0 radical (unpaired) electrons. The number of hydrogen-bond acceptors (Lipinski definition) is 3. The van der Waals surface area contributed by atoms with Crippen molar-refractivity contribution in [3.05, 3.63) is 35.4 Å². The van der Waals surface area contributed by atoms with Crippen molar-refractivity contribution in [2.24, 2.45) is 0 Å². The molecule has 0 saturated heterocycles. The van der Waals surface area contributed by atoms with Crippen LogP contribution in [0, 0.1) is 11.6 Å². The second-order valence-electron chi connectivity index (χ2n) is 5.16. The van der Waals surface area contributed by atoms with Crippen molar-refractivity contribution in [2.75, 3.05) is 13.7 Å². The number of ether oxygens (including phenoxy) is 1. The highest BCUT2D eigenvalue weighted by atomic mass is 19.1. The quantitative estimate of drug-likeness (QED) is 0.778. The van der Waals surface area contributed by atoms with Crippen LogP contribution in [0.3, 0.4) is 0 Å². The average molecular weight is 283 g/mol. The van der Waals surface area contributed by atoms with Gasteiger partial charge in [0, 0.05) is 24.2 Å². The Morgan fingerprint density at radius 2 is 2.05 bits per heavy atom. The second kappa shape index (κ2) is 6.79. The van der Waals surface area contributed by atoms with Crippen LogP contribution in [0.25, 0.3) is 0 Å². The van der Waals surface area contributed by atoms with E-state index in [0.29, 0.717) is 12.1 Å². The minimum Gasteiger partial charge on any atom is -0.468 e. The van der Waals surface area contributed by atoms with Gasteiger partial charge in [0.15, 0.2) is 0 Å². The van der Waals surface area contributed by atoms with E-state index in [1.807, 2.05) is 4.90 Å². The molecule has 5 heteroatoms. The van der Waals surface area contributed by atoms with Crippen LogP contribution >= 0.6 is 0 Å². The van der Waals surface area contributed by atoms with E-state index >= 15 is 0 Å². The van der Waals surface area contributed by atoms with Gasteiger partial charge in [0.05, 0.1) is 13.7 Å². The molecule has 1 aliphatic carbocycles. The van der Waals surface area contributed by atoms with Crippen molar-refractivity contribution in [3.8, 4) is 0 Å². The Morgan fingerprint density at radius 3 is 2.65 bits per heavy atom. The molecule has 20 heavy (non-hydrogen) atoms. The second-order valence-corrected chi connectivity index (χ2v) is 5.16. The number of carbonyl (C=O) groups excluding carboxylic acids is 1. The molecule has 0 heterocycles. The van der Waals surface area contributed by atoms with Gasteiger partial charge in [-0.3, -0.25) is 9.69 Å². The predicted molar refractivity (Wildman–Crippen MR) is 71.0 cm³/mol. The number of rotatable bonds is 5. The monoisotopic (exact) mass is 283 g/mol. The van der Waals surface area contributed by atoms with Gasteiger partial charge in [-0.1, -0.05) is 18.9 Å². The first-order valence-electron chi connectivity index (χ1n) is 6.85. The van der Waals surface area contributed by atoms with Crippen LogP contribution in [0.5, 0.6) is 0 Å². The minimum atomic E-state index is -0.591. The van der Waals surface area contributed by atoms with E-state index in [4.69, 9.17) is 4.74 Å². The molecule has 1 aromatic carbocycles. The van der Waals surface area contributed by atoms with Crippen molar-refractivity contribution < 1.29 is 18.3 Å². The van der Waals surface area contributed by atoms with Gasteiger partial charge in [-0.2, -0.15) is 0 Å². The molecule has 0 aliphatic heterocycles. The van der Waals surface area contributed by atoms with E-state index in [0.717, 1.165) is 31.7 Å². The van der Waals surface area contributed by atoms with Gasteiger partial charge in [-0.05, 0) is 18.9 Å². The molecule has 0 unspecified atom stereocenters. The lowest BCUT2D eigenvalue weighted by molar-refractivity contribution is -0.142. The summed E-state index contributed by atoms with van der Waals surface area (Å²) in [6.45, 7) is 0.434. The Bertz CT molecular complexity index is 473. The summed E-state index contributed by atoms with van der Waals surface area (Å²) in [7, 11) is 1.34. The highest BCUT2D eigenvalue weighted by Crippen LogP contribution is 2.25. The molecule has 0 atom stereocenters. The standard InChI is InChI=1S/C15H19F2NO2/c1-20-15(19)10-18(13-4-2-3-5-13)9-11-6-7-12(16)8-14(11)17/h6-8,13H,2-5,9-10H2,1H3. The lowest BCUT2D eigenvalue weighted by atomic mass is 10.1. The summed E-state index contributed by atoms with van der Waals surface area (Å²) in [5.41, 5.74) is 0.405. The van der Waals surface area contributed by atoms with Gasteiger partial charge in [0.25, 0.3) is 0 Å². The zero-order chi connectivity index (χ0) is 14.5. The molecule has 1 aliphatic rings. The van der Waals surface area contributed by atoms with E-state index in [-0.39, 0.29) is 18.6 Å².